The molecule has 0 unspecified atom stereocenters. The van der Waals surface area contributed by atoms with Crippen LogP contribution in [0.15, 0.2) is 48.5 Å². The van der Waals surface area contributed by atoms with Crippen molar-refractivity contribution in [3.63, 3.8) is 0 Å². The number of aromatic hydroxyl groups is 1. The summed E-state index contributed by atoms with van der Waals surface area (Å²) in [5.41, 5.74) is 3.77. The molecule has 0 spiro atoms. The third kappa shape index (κ3) is 5.32. The van der Waals surface area contributed by atoms with Gasteiger partial charge in [0.15, 0.2) is 0 Å². The average Bonchev–Trinajstić information content (AvgIpc) is 2.75. The predicted molar refractivity (Wildman–Crippen MR) is 120 cm³/mol. The Bertz CT molecular complexity index is 839. The van der Waals surface area contributed by atoms with Crippen LogP contribution in [0.25, 0.3) is 0 Å². The van der Waals surface area contributed by atoms with Crippen LogP contribution in [0.2, 0.25) is 0 Å². The van der Waals surface area contributed by atoms with Gasteiger partial charge in [-0.3, -0.25) is 14.6 Å². The van der Waals surface area contributed by atoms with Crippen LogP contribution in [0.1, 0.15) is 11.1 Å². The Hall–Kier alpha value is -2.57. The molecule has 0 aliphatic carbocycles. The Morgan fingerprint density at radius 3 is 2.20 bits per heavy atom. The molecule has 6 nitrogen and oxygen atoms in total. The van der Waals surface area contributed by atoms with Gasteiger partial charge < -0.3 is 14.9 Å². The van der Waals surface area contributed by atoms with E-state index in [1.165, 1.54) is 11.1 Å². The van der Waals surface area contributed by atoms with Gasteiger partial charge in [0.2, 0.25) is 5.91 Å². The summed E-state index contributed by atoms with van der Waals surface area (Å²) in [6.07, 6.45) is 0. The van der Waals surface area contributed by atoms with E-state index in [1.54, 1.807) is 12.1 Å². The smallest absolute Gasteiger partial charge is 0.236 e. The van der Waals surface area contributed by atoms with E-state index in [0.717, 1.165) is 64.6 Å². The van der Waals surface area contributed by atoms with Gasteiger partial charge in [-0.25, -0.2) is 0 Å². The largest absolute Gasteiger partial charge is 0.508 e. The van der Waals surface area contributed by atoms with Crippen molar-refractivity contribution in [2.24, 2.45) is 0 Å². The molecule has 1 N–H and O–H groups in total. The van der Waals surface area contributed by atoms with E-state index in [9.17, 15) is 9.90 Å². The fraction of sp³-hybridized carbons (Fsp3) is 0.458. The zero-order chi connectivity index (χ0) is 20.9. The zero-order valence-electron chi connectivity index (χ0n) is 17.8. The lowest BCUT2D eigenvalue weighted by Crippen LogP contribution is -2.53. The number of anilines is 1. The van der Waals surface area contributed by atoms with Crippen molar-refractivity contribution in [1.82, 2.24) is 14.7 Å². The van der Waals surface area contributed by atoms with Crippen molar-refractivity contribution in [2.45, 2.75) is 13.5 Å². The number of carbonyl (C=O) groups is 1. The van der Waals surface area contributed by atoms with Crippen LogP contribution < -0.4 is 4.90 Å². The Labute approximate surface area is 179 Å². The fourth-order valence-electron chi connectivity index (χ4n) is 4.34. The number of nitrogens with zero attached hydrogens (tertiary/aromatic N) is 4. The first-order chi connectivity index (χ1) is 14.6. The van der Waals surface area contributed by atoms with Crippen molar-refractivity contribution >= 4 is 11.6 Å². The van der Waals surface area contributed by atoms with Crippen LogP contribution in [0.4, 0.5) is 5.69 Å². The number of phenolic OH excluding ortho intramolecular Hbond substituents is 1. The summed E-state index contributed by atoms with van der Waals surface area (Å²) < 4.78 is 0. The maximum atomic E-state index is 12.8. The van der Waals surface area contributed by atoms with Gasteiger partial charge in [-0.05, 0) is 36.8 Å². The molecule has 160 valence electrons. The molecule has 2 saturated heterocycles. The molecule has 6 heteroatoms. The summed E-state index contributed by atoms with van der Waals surface area (Å²) in [4.78, 5) is 21.8. The first-order valence-electron chi connectivity index (χ1n) is 10.9. The third-order valence-corrected chi connectivity index (χ3v) is 6.16. The van der Waals surface area contributed by atoms with Crippen molar-refractivity contribution in [3.05, 3.63) is 59.7 Å². The van der Waals surface area contributed by atoms with E-state index in [-0.39, 0.29) is 5.91 Å². The second kappa shape index (κ2) is 9.49. The van der Waals surface area contributed by atoms with Gasteiger partial charge in [-0.15, -0.1) is 0 Å². The molecule has 1 amide bonds. The zero-order valence-corrected chi connectivity index (χ0v) is 17.8. The molecule has 0 bridgehead atoms. The number of hydrogen-bond donors (Lipinski definition) is 1. The minimum absolute atomic E-state index is 0.253. The quantitative estimate of drug-likeness (QED) is 0.822. The molecule has 0 radical (unpaired) electrons. The Morgan fingerprint density at radius 2 is 1.53 bits per heavy atom. The van der Waals surface area contributed by atoms with Gasteiger partial charge >= 0.3 is 0 Å². The highest BCUT2D eigenvalue weighted by Crippen LogP contribution is 2.20. The lowest BCUT2D eigenvalue weighted by Gasteiger charge is -2.38. The number of piperazine rings is 2. The van der Waals surface area contributed by atoms with Crippen LogP contribution in [0.3, 0.4) is 0 Å². The van der Waals surface area contributed by atoms with Gasteiger partial charge in [0.05, 0.1) is 6.54 Å². The van der Waals surface area contributed by atoms with E-state index in [4.69, 9.17) is 0 Å². The highest BCUT2D eigenvalue weighted by Gasteiger charge is 2.25. The van der Waals surface area contributed by atoms with Crippen LogP contribution in [0.5, 0.6) is 5.75 Å². The number of benzene rings is 2. The second-order valence-corrected chi connectivity index (χ2v) is 8.43. The van der Waals surface area contributed by atoms with Gasteiger partial charge in [-0.2, -0.15) is 0 Å². The van der Waals surface area contributed by atoms with E-state index in [0.29, 0.717) is 12.3 Å². The lowest BCUT2D eigenvalue weighted by molar-refractivity contribution is -0.134. The summed E-state index contributed by atoms with van der Waals surface area (Å²) in [7, 11) is 0. The van der Waals surface area contributed by atoms with Crippen LogP contribution in [0, 0.1) is 6.92 Å². The number of hydrogen-bond acceptors (Lipinski definition) is 5. The monoisotopic (exact) mass is 408 g/mol. The highest BCUT2D eigenvalue weighted by molar-refractivity contribution is 5.78. The van der Waals surface area contributed by atoms with Crippen molar-refractivity contribution in [1.29, 1.82) is 0 Å². The fourth-order valence-corrected chi connectivity index (χ4v) is 4.34. The van der Waals surface area contributed by atoms with E-state index >= 15 is 0 Å². The summed E-state index contributed by atoms with van der Waals surface area (Å²) in [6, 6.07) is 16.0. The highest BCUT2D eigenvalue weighted by atomic mass is 16.3. The molecule has 2 aliphatic heterocycles. The molecule has 4 rings (SSSR count). The Balaban J connectivity index is 1.19. The molecule has 2 heterocycles. The number of amides is 1. The van der Waals surface area contributed by atoms with Crippen molar-refractivity contribution in [2.75, 3.05) is 63.8 Å². The van der Waals surface area contributed by atoms with E-state index in [1.807, 2.05) is 17.0 Å². The summed E-state index contributed by atoms with van der Waals surface area (Å²) >= 11 is 0. The molecule has 30 heavy (non-hydrogen) atoms. The van der Waals surface area contributed by atoms with Crippen LogP contribution in [-0.2, 0) is 11.3 Å². The Morgan fingerprint density at radius 1 is 0.867 bits per heavy atom. The first-order valence-corrected chi connectivity index (χ1v) is 10.9. The molecular formula is C24H32N4O2. The van der Waals surface area contributed by atoms with Crippen LogP contribution in [-0.4, -0.2) is 84.6 Å². The number of aryl methyl sites for hydroxylation is 1. The van der Waals surface area contributed by atoms with Gasteiger partial charge in [-0.1, -0.05) is 29.8 Å². The van der Waals surface area contributed by atoms with Gasteiger partial charge in [0.25, 0.3) is 0 Å². The predicted octanol–water partition coefficient (Wildman–Crippen LogP) is 2.17. The molecule has 2 fully saturated rings. The number of phenols is 1. The third-order valence-electron chi connectivity index (χ3n) is 6.16. The Kier molecular flexibility index (Phi) is 6.55. The number of carbonyl (C=O) groups excluding carboxylic acids is 1. The second-order valence-electron chi connectivity index (χ2n) is 8.43. The summed E-state index contributed by atoms with van der Waals surface area (Å²) in [5, 5.41) is 9.45. The van der Waals surface area contributed by atoms with E-state index in [2.05, 4.69) is 45.9 Å². The normalized spacial score (nSPS) is 18.6. The van der Waals surface area contributed by atoms with Crippen molar-refractivity contribution in [3.8, 4) is 5.75 Å². The average molecular weight is 409 g/mol. The standard InChI is InChI=1S/C24H32N4O2/c1-20-3-2-4-21(17-20)18-25-11-15-28(16-12-25)24(30)19-26-9-13-27(14-10-26)22-5-7-23(29)8-6-22/h2-8,17,29H,9-16,18-19H2,1H3. The SMILES string of the molecule is Cc1cccc(CN2CCN(C(=O)CN3CCN(c4ccc(O)cc4)CC3)CC2)c1. The summed E-state index contributed by atoms with van der Waals surface area (Å²) in [5.74, 6) is 0.547. The molecule has 0 aromatic heterocycles. The van der Waals surface area contributed by atoms with E-state index < -0.39 is 0 Å². The lowest BCUT2D eigenvalue weighted by atomic mass is 10.1. The first kappa shape index (κ1) is 20.7. The minimum atomic E-state index is 0.253. The molecule has 2 aromatic rings. The summed E-state index contributed by atoms with van der Waals surface area (Å²) in [6.45, 7) is 10.7. The topological polar surface area (TPSA) is 50.3 Å². The van der Waals surface area contributed by atoms with Gasteiger partial charge in [0, 0.05) is 64.6 Å². The maximum Gasteiger partial charge on any atom is 0.236 e. The maximum absolute atomic E-state index is 12.8. The van der Waals surface area contributed by atoms with Crippen molar-refractivity contribution < 1.29 is 9.90 Å². The molecule has 0 saturated carbocycles. The molecule has 2 aromatic carbocycles. The number of rotatable bonds is 5. The molecule has 0 atom stereocenters. The minimum Gasteiger partial charge on any atom is -0.508 e. The molecule has 2 aliphatic rings. The molecular weight excluding hydrogens is 376 g/mol. The van der Waals surface area contributed by atoms with Gasteiger partial charge in [0.1, 0.15) is 5.75 Å². The van der Waals surface area contributed by atoms with Crippen LogP contribution >= 0.6 is 0 Å².